The molecule has 2 unspecified atom stereocenters. The molecule has 0 heterocycles. The number of thioether (sulfide) groups is 2. The van der Waals surface area contributed by atoms with Crippen molar-refractivity contribution in [3.05, 3.63) is 0 Å². The van der Waals surface area contributed by atoms with Crippen molar-refractivity contribution in [2.24, 2.45) is 0 Å². The van der Waals surface area contributed by atoms with Crippen LogP contribution < -0.4 is 0 Å². The second-order valence-electron chi connectivity index (χ2n) is 2.74. The maximum absolute atomic E-state index is 4.61. The quantitative estimate of drug-likeness (QED) is 0.292. The van der Waals surface area contributed by atoms with Crippen LogP contribution in [0.4, 0.5) is 0 Å². The number of hydrogen-bond acceptors (Lipinski definition) is 6. The van der Waals surface area contributed by atoms with E-state index in [0.717, 1.165) is 22.3 Å². The van der Waals surface area contributed by atoms with Gasteiger partial charge in [-0.2, -0.15) is 62.3 Å². The fourth-order valence-corrected chi connectivity index (χ4v) is 4.58. The lowest BCUT2D eigenvalue weighted by atomic mass is 10.2. The smallest absolute Gasteiger partial charge is 0.0365 e. The summed E-state index contributed by atoms with van der Waals surface area (Å²) in [4.78, 5) is 0. The second kappa shape index (κ2) is 11.6. The fraction of sp³-hybridized carbons (Fsp3) is 1.00. The third kappa shape index (κ3) is 8.28. The van der Waals surface area contributed by atoms with Crippen LogP contribution in [0.3, 0.4) is 0 Å². The van der Waals surface area contributed by atoms with Crippen LogP contribution in [0.25, 0.3) is 0 Å². The van der Waals surface area contributed by atoms with Crippen LogP contribution in [-0.4, -0.2) is 32.2 Å². The first-order valence-electron chi connectivity index (χ1n) is 4.46. The molecule has 0 nitrogen and oxygen atoms in total. The van der Waals surface area contributed by atoms with E-state index in [1.165, 1.54) is 12.2 Å². The van der Waals surface area contributed by atoms with Gasteiger partial charge in [0, 0.05) is 20.7 Å². The monoisotopic (exact) mass is 306 g/mol. The molecule has 0 bridgehead atoms. The normalized spacial score (nSPS) is 15.4. The molecule has 14 heavy (non-hydrogen) atoms. The largest absolute Gasteiger partial charge is 0.179 e. The van der Waals surface area contributed by atoms with E-state index in [0.29, 0.717) is 10.5 Å². The summed E-state index contributed by atoms with van der Waals surface area (Å²) in [6.45, 7) is 0. The van der Waals surface area contributed by atoms with Crippen molar-refractivity contribution < 1.29 is 0 Å². The highest BCUT2D eigenvalue weighted by molar-refractivity contribution is 8.10. The first-order chi connectivity index (χ1) is 6.76. The van der Waals surface area contributed by atoms with E-state index < -0.39 is 0 Å². The van der Waals surface area contributed by atoms with E-state index in [-0.39, 0.29) is 0 Å². The summed E-state index contributed by atoms with van der Waals surface area (Å²) in [6.07, 6.45) is 2.27. The van der Waals surface area contributed by atoms with Crippen LogP contribution in [-0.2, 0) is 0 Å². The average Bonchev–Trinajstić information content (AvgIpc) is 2.17. The fourth-order valence-electron chi connectivity index (χ4n) is 1.06. The van der Waals surface area contributed by atoms with Crippen molar-refractivity contribution in [3.63, 3.8) is 0 Å². The molecule has 0 radical (unpaired) electrons. The Hall–Kier alpha value is 2.10. The molecule has 0 saturated heterocycles. The Balaban J connectivity index is 3.74. The summed E-state index contributed by atoms with van der Waals surface area (Å²) in [7, 11) is 0. The SMILES string of the molecule is SCCC(S)C(CCSCS)SCS. The highest BCUT2D eigenvalue weighted by Gasteiger charge is 2.16. The predicted octanol–water partition coefficient (Wildman–Crippen LogP) is 3.60. The van der Waals surface area contributed by atoms with Gasteiger partial charge in [0.15, 0.2) is 0 Å². The van der Waals surface area contributed by atoms with Crippen LogP contribution in [0.2, 0.25) is 0 Å². The molecule has 0 aromatic rings. The standard InChI is InChI=1S/C8H18S6/c9-3-1-7(12)8(14-6-11)2-4-13-5-10/h7-12H,1-6H2. The third-order valence-electron chi connectivity index (χ3n) is 1.78. The molecule has 0 aliphatic carbocycles. The van der Waals surface area contributed by atoms with E-state index in [4.69, 9.17) is 0 Å². The van der Waals surface area contributed by atoms with E-state index >= 15 is 0 Å². The first-order valence-corrected chi connectivity index (χ1v) is 9.08. The van der Waals surface area contributed by atoms with Crippen molar-refractivity contribution in [2.75, 3.05) is 21.7 Å². The Morgan fingerprint density at radius 1 is 1.00 bits per heavy atom. The molecule has 0 spiro atoms. The molecule has 0 fully saturated rings. The molecule has 0 rings (SSSR count). The van der Waals surface area contributed by atoms with Crippen LogP contribution in [0.1, 0.15) is 12.8 Å². The summed E-state index contributed by atoms with van der Waals surface area (Å²) in [5.74, 6) is 2.08. The lowest BCUT2D eigenvalue weighted by Gasteiger charge is -2.21. The Kier molecular flexibility index (Phi) is 13.3. The Bertz CT molecular complexity index is 120. The van der Waals surface area contributed by atoms with Gasteiger partial charge in [-0.3, -0.25) is 0 Å². The minimum Gasteiger partial charge on any atom is -0.179 e. The lowest BCUT2D eigenvalue weighted by molar-refractivity contribution is 0.753. The van der Waals surface area contributed by atoms with Gasteiger partial charge in [0.2, 0.25) is 0 Å². The van der Waals surface area contributed by atoms with Gasteiger partial charge in [-0.05, 0) is 24.3 Å². The van der Waals surface area contributed by atoms with E-state index in [1.807, 2.05) is 23.5 Å². The van der Waals surface area contributed by atoms with Gasteiger partial charge in [0.25, 0.3) is 0 Å². The minimum absolute atomic E-state index is 0.449. The Labute approximate surface area is 118 Å². The van der Waals surface area contributed by atoms with Crippen molar-refractivity contribution >= 4 is 74.0 Å². The molecule has 0 aromatic heterocycles. The van der Waals surface area contributed by atoms with E-state index in [1.54, 1.807) is 0 Å². The van der Waals surface area contributed by atoms with Gasteiger partial charge in [0.1, 0.15) is 0 Å². The summed E-state index contributed by atoms with van der Waals surface area (Å²) < 4.78 is 0. The second-order valence-corrected chi connectivity index (χ2v) is 7.67. The molecule has 0 amide bonds. The Morgan fingerprint density at radius 3 is 2.21 bits per heavy atom. The number of thiol groups is 4. The Morgan fingerprint density at radius 2 is 1.71 bits per heavy atom. The van der Waals surface area contributed by atoms with E-state index in [2.05, 4.69) is 50.5 Å². The summed E-state index contributed by atoms with van der Waals surface area (Å²) in [5, 5.41) is 2.84. The van der Waals surface area contributed by atoms with Crippen molar-refractivity contribution in [2.45, 2.75) is 23.3 Å². The van der Waals surface area contributed by atoms with Gasteiger partial charge in [-0.25, -0.2) is 0 Å². The van der Waals surface area contributed by atoms with Gasteiger partial charge in [-0.1, -0.05) is 0 Å². The van der Waals surface area contributed by atoms with Gasteiger partial charge < -0.3 is 0 Å². The third-order valence-corrected chi connectivity index (χ3v) is 5.70. The zero-order chi connectivity index (χ0) is 10.8. The molecule has 6 heteroatoms. The summed E-state index contributed by atoms with van der Waals surface area (Å²) >= 11 is 21.0. The van der Waals surface area contributed by atoms with Gasteiger partial charge >= 0.3 is 0 Å². The lowest BCUT2D eigenvalue weighted by Crippen LogP contribution is -2.19. The molecule has 0 N–H and O–H groups in total. The summed E-state index contributed by atoms with van der Waals surface area (Å²) in [6, 6.07) is 0. The highest BCUT2D eigenvalue weighted by Crippen LogP contribution is 2.26. The van der Waals surface area contributed by atoms with Crippen molar-refractivity contribution in [1.82, 2.24) is 0 Å². The number of hydrogen-bond donors (Lipinski definition) is 4. The van der Waals surface area contributed by atoms with Crippen LogP contribution in [0.15, 0.2) is 0 Å². The summed E-state index contributed by atoms with van der Waals surface area (Å²) in [5.41, 5.74) is 0. The highest BCUT2D eigenvalue weighted by atomic mass is 32.2. The molecule has 0 saturated carbocycles. The zero-order valence-corrected chi connectivity index (χ0v) is 13.2. The maximum atomic E-state index is 4.61. The zero-order valence-electron chi connectivity index (χ0n) is 8.00. The molecular formula is C8H18S6. The average molecular weight is 307 g/mol. The first kappa shape index (κ1) is 16.1. The van der Waals surface area contributed by atoms with Crippen molar-refractivity contribution in [3.8, 4) is 0 Å². The molecule has 0 aromatic carbocycles. The molecule has 86 valence electrons. The molecule has 0 aliphatic heterocycles. The van der Waals surface area contributed by atoms with Gasteiger partial charge in [0.05, 0.1) is 0 Å². The number of rotatable bonds is 9. The topological polar surface area (TPSA) is 0 Å². The van der Waals surface area contributed by atoms with Gasteiger partial charge in [-0.15, -0.1) is 11.8 Å². The van der Waals surface area contributed by atoms with Crippen LogP contribution in [0, 0.1) is 0 Å². The minimum atomic E-state index is 0.449. The van der Waals surface area contributed by atoms with E-state index in [9.17, 15) is 0 Å². The van der Waals surface area contributed by atoms with Crippen molar-refractivity contribution in [1.29, 1.82) is 0 Å². The molecule has 2 atom stereocenters. The molecule has 0 aliphatic rings. The van der Waals surface area contributed by atoms with Crippen LogP contribution in [0.5, 0.6) is 0 Å². The molecular weight excluding hydrogens is 288 g/mol. The van der Waals surface area contributed by atoms with Crippen LogP contribution >= 0.6 is 74.0 Å². The predicted molar refractivity (Wildman–Crippen MR) is 87.4 cm³/mol. The maximum Gasteiger partial charge on any atom is 0.0365 e.